The summed E-state index contributed by atoms with van der Waals surface area (Å²) in [6.07, 6.45) is 11.9. The van der Waals surface area contributed by atoms with Gasteiger partial charge in [-0.1, -0.05) is 58.4 Å². The van der Waals surface area contributed by atoms with Gasteiger partial charge < -0.3 is 15.3 Å². The summed E-state index contributed by atoms with van der Waals surface area (Å²) in [4.78, 5) is 0. The topological polar surface area (TPSA) is 60.7 Å². The van der Waals surface area contributed by atoms with Crippen molar-refractivity contribution in [3.63, 3.8) is 0 Å². The van der Waals surface area contributed by atoms with E-state index in [9.17, 15) is 15.3 Å². The molecule has 2 aliphatic carbocycles. The van der Waals surface area contributed by atoms with Gasteiger partial charge >= 0.3 is 0 Å². The number of aliphatic hydroxyl groups excluding tert-OH is 3. The molecule has 6 atom stereocenters. The zero-order valence-electron chi connectivity index (χ0n) is 19.5. The van der Waals surface area contributed by atoms with Crippen molar-refractivity contribution in [2.75, 3.05) is 0 Å². The van der Waals surface area contributed by atoms with Crippen molar-refractivity contribution < 1.29 is 15.3 Å². The summed E-state index contributed by atoms with van der Waals surface area (Å²) in [6, 6.07) is 0. The van der Waals surface area contributed by atoms with Crippen LogP contribution in [0.1, 0.15) is 86.5 Å². The smallest absolute Gasteiger partial charge is 0.0777 e. The lowest BCUT2D eigenvalue weighted by molar-refractivity contribution is 0.0823. The number of hydrogen-bond donors (Lipinski definition) is 3. The minimum Gasteiger partial charge on any atom is -0.393 e. The molecule has 0 fully saturated rings. The van der Waals surface area contributed by atoms with E-state index in [1.165, 1.54) is 12.0 Å². The molecule has 29 heavy (non-hydrogen) atoms. The van der Waals surface area contributed by atoms with E-state index in [-0.39, 0.29) is 11.5 Å². The quantitative estimate of drug-likeness (QED) is 0.496. The van der Waals surface area contributed by atoms with Crippen LogP contribution in [-0.2, 0) is 0 Å². The average molecular weight is 405 g/mol. The lowest BCUT2D eigenvalue weighted by atomic mass is 9.63. The van der Waals surface area contributed by atoms with Gasteiger partial charge in [0.15, 0.2) is 0 Å². The number of hydrogen-bond acceptors (Lipinski definition) is 3. The molecule has 0 aromatic carbocycles. The van der Waals surface area contributed by atoms with Crippen molar-refractivity contribution in [1.82, 2.24) is 0 Å². The summed E-state index contributed by atoms with van der Waals surface area (Å²) in [5, 5.41) is 30.3. The van der Waals surface area contributed by atoms with Crippen molar-refractivity contribution in [1.29, 1.82) is 0 Å². The molecule has 0 aliphatic heterocycles. The van der Waals surface area contributed by atoms with E-state index in [1.54, 1.807) is 0 Å². The summed E-state index contributed by atoms with van der Waals surface area (Å²) in [5.74, 6) is 1.51. The number of rotatable bonds is 8. The van der Waals surface area contributed by atoms with Crippen molar-refractivity contribution in [2.45, 2.75) is 105 Å². The average Bonchev–Trinajstić information content (AvgIpc) is 2.66. The first-order valence-corrected chi connectivity index (χ1v) is 11.6. The van der Waals surface area contributed by atoms with E-state index >= 15 is 0 Å². The zero-order chi connectivity index (χ0) is 21.8. The maximum absolute atomic E-state index is 10.2. The fourth-order valence-corrected chi connectivity index (χ4v) is 4.99. The van der Waals surface area contributed by atoms with Crippen LogP contribution in [0, 0.1) is 23.2 Å². The first-order chi connectivity index (χ1) is 13.5. The van der Waals surface area contributed by atoms with Crippen LogP contribution in [0.4, 0.5) is 0 Å². The molecular formula is C26H44O3. The fourth-order valence-electron chi connectivity index (χ4n) is 4.99. The molecule has 0 bridgehead atoms. The van der Waals surface area contributed by atoms with Gasteiger partial charge in [-0.3, -0.25) is 0 Å². The first kappa shape index (κ1) is 24.4. The molecule has 0 spiro atoms. The maximum atomic E-state index is 10.2. The molecule has 0 aromatic rings. The predicted octanol–water partition coefficient (Wildman–Crippen LogP) is 5.56. The summed E-state index contributed by atoms with van der Waals surface area (Å²) in [7, 11) is 0. The monoisotopic (exact) mass is 404 g/mol. The van der Waals surface area contributed by atoms with Gasteiger partial charge in [-0.05, 0) is 79.8 Å². The normalized spacial score (nSPS) is 31.9. The Balaban J connectivity index is 2.01. The van der Waals surface area contributed by atoms with Crippen molar-refractivity contribution in [3.05, 3.63) is 34.9 Å². The van der Waals surface area contributed by atoms with Gasteiger partial charge in [-0.2, -0.15) is 0 Å². The molecule has 3 N–H and O–H groups in total. The van der Waals surface area contributed by atoms with Crippen LogP contribution in [0.25, 0.3) is 0 Å². The van der Waals surface area contributed by atoms with Gasteiger partial charge in [-0.15, -0.1) is 0 Å². The Morgan fingerprint density at radius 3 is 2.48 bits per heavy atom. The molecule has 2 aliphatic rings. The summed E-state index contributed by atoms with van der Waals surface area (Å²) in [6.45, 7) is 13.3. The van der Waals surface area contributed by atoms with Gasteiger partial charge in [-0.25, -0.2) is 0 Å². The Morgan fingerprint density at radius 1 is 1.14 bits per heavy atom. The highest BCUT2D eigenvalue weighted by Gasteiger charge is 2.36. The Morgan fingerprint density at radius 2 is 1.83 bits per heavy atom. The van der Waals surface area contributed by atoms with Crippen molar-refractivity contribution >= 4 is 0 Å². The largest absolute Gasteiger partial charge is 0.393 e. The van der Waals surface area contributed by atoms with Gasteiger partial charge in [0.05, 0.1) is 18.3 Å². The number of aliphatic hydroxyl groups is 3. The van der Waals surface area contributed by atoms with Gasteiger partial charge in [0.2, 0.25) is 0 Å². The molecule has 3 nitrogen and oxygen atoms in total. The standard InChI is InChI=1S/C26H44O3/c1-17(2)24(28)12-9-18(3)20(5)26(6)13-7-8-21(16-26)10-11-22-14-23(27)15-25(29)19(22)4/h8,10-11,17-18,20,23-25,27-29H,7,9,12-16H2,1-6H3/b11-10-/t18-,20-,23-,24-,25+,26+/m1/s1. The summed E-state index contributed by atoms with van der Waals surface area (Å²) < 4.78 is 0. The molecule has 0 radical (unpaired) electrons. The van der Waals surface area contributed by atoms with Crippen molar-refractivity contribution in [2.24, 2.45) is 23.2 Å². The van der Waals surface area contributed by atoms with Crippen LogP contribution in [0.2, 0.25) is 0 Å². The molecule has 0 saturated heterocycles. The molecule has 0 unspecified atom stereocenters. The van der Waals surface area contributed by atoms with Crippen LogP contribution in [0.3, 0.4) is 0 Å². The Hall–Kier alpha value is -0.900. The molecule has 3 heteroatoms. The highest BCUT2D eigenvalue weighted by atomic mass is 16.3. The van der Waals surface area contributed by atoms with Crippen molar-refractivity contribution in [3.8, 4) is 0 Å². The fraction of sp³-hybridized carbons (Fsp3) is 0.769. The molecular weight excluding hydrogens is 360 g/mol. The van der Waals surface area contributed by atoms with Crippen LogP contribution in [-0.4, -0.2) is 33.6 Å². The lowest BCUT2D eigenvalue weighted by Gasteiger charge is -2.42. The SMILES string of the molecule is CC1=C(/C=C\C2=CCC[C@](C)([C@H](C)[C@H](C)CC[C@@H](O)C(C)C)C2)C[C@@H](O)C[C@@H]1O. The second-order valence-electron chi connectivity index (χ2n) is 10.5. The Kier molecular flexibility index (Phi) is 8.75. The first-order valence-electron chi connectivity index (χ1n) is 11.6. The van der Waals surface area contributed by atoms with E-state index in [0.29, 0.717) is 30.6 Å². The molecule has 0 amide bonds. The van der Waals surface area contributed by atoms with E-state index in [1.807, 2.05) is 6.92 Å². The molecule has 0 saturated carbocycles. The summed E-state index contributed by atoms with van der Waals surface area (Å²) in [5.41, 5.74) is 3.71. The second-order valence-corrected chi connectivity index (χ2v) is 10.5. The highest BCUT2D eigenvalue weighted by molar-refractivity contribution is 5.35. The minimum atomic E-state index is -0.522. The van der Waals surface area contributed by atoms with E-state index in [4.69, 9.17) is 0 Å². The molecule has 0 heterocycles. The molecule has 0 aromatic heterocycles. The van der Waals surface area contributed by atoms with E-state index in [2.05, 4.69) is 52.8 Å². The van der Waals surface area contributed by atoms with E-state index < -0.39 is 12.2 Å². The molecule has 2 rings (SSSR count). The van der Waals surface area contributed by atoms with Gasteiger partial charge in [0.25, 0.3) is 0 Å². The maximum Gasteiger partial charge on any atom is 0.0777 e. The highest BCUT2D eigenvalue weighted by Crippen LogP contribution is 2.46. The van der Waals surface area contributed by atoms with Crippen LogP contribution in [0.15, 0.2) is 34.9 Å². The Bertz CT molecular complexity index is 630. The van der Waals surface area contributed by atoms with E-state index in [0.717, 1.165) is 36.8 Å². The van der Waals surface area contributed by atoms with Crippen LogP contribution in [0.5, 0.6) is 0 Å². The minimum absolute atomic E-state index is 0.195. The third-order valence-electron chi connectivity index (χ3n) is 7.83. The predicted molar refractivity (Wildman–Crippen MR) is 122 cm³/mol. The Labute approximate surface area is 178 Å². The lowest BCUT2D eigenvalue weighted by Crippen LogP contribution is -2.32. The van der Waals surface area contributed by atoms with Gasteiger partial charge in [0, 0.05) is 6.42 Å². The van der Waals surface area contributed by atoms with Crippen LogP contribution >= 0.6 is 0 Å². The summed E-state index contributed by atoms with van der Waals surface area (Å²) >= 11 is 0. The number of allylic oxidation sites excluding steroid dienone is 4. The van der Waals surface area contributed by atoms with Crippen LogP contribution < -0.4 is 0 Å². The van der Waals surface area contributed by atoms with Gasteiger partial charge in [0.1, 0.15) is 0 Å². The zero-order valence-corrected chi connectivity index (χ0v) is 19.5. The third kappa shape index (κ3) is 6.54. The second kappa shape index (κ2) is 10.4. The molecule has 166 valence electrons. The third-order valence-corrected chi connectivity index (χ3v) is 7.83.